The summed E-state index contributed by atoms with van der Waals surface area (Å²) in [5, 5.41) is 12.2. The number of nitrogens with zero attached hydrogens (tertiary/aromatic N) is 2. The van der Waals surface area contributed by atoms with Crippen LogP contribution >= 0.6 is 0 Å². The van der Waals surface area contributed by atoms with Gasteiger partial charge in [-0.15, -0.1) is 0 Å². The van der Waals surface area contributed by atoms with Crippen molar-refractivity contribution in [2.45, 2.75) is 37.3 Å². The lowest BCUT2D eigenvalue weighted by atomic mass is 9.81. The van der Waals surface area contributed by atoms with E-state index in [1.54, 1.807) is 0 Å². The SMILES string of the molecule is OC1(c2ccc3cccnc3c2)CCN2CCCC2C1. The molecule has 0 radical (unpaired) electrons. The molecular formula is C17H20N2O. The molecule has 2 aliphatic rings. The molecule has 1 N–H and O–H groups in total. The van der Waals surface area contributed by atoms with Gasteiger partial charge in [0.2, 0.25) is 0 Å². The molecule has 2 saturated heterocycles. The van der Waals surface area contributed by atoms with Crippen LogP contribution in [0.4, 0.5) is 0 Å². The quantitative estimate of drug-likeness (QED) is 0.864. The largest absolute Gasteiger partial charge is 0.385 e. The van der Waals surface area contributed by atoms with Gasteiger partial charge in [0.15, 0.2) is 0 Å². The van der Waals surface area contributed by atoms with E-state index in [-0.39, 0.29) is 0 Å². The highest BCUT2D eigenvalue weighted by Crippen LogP contribution is 2.40. The summed E-state index contributed by atoms with van der Waals surface area (Å²) in [5.74, 6) is 0. The average Bonchev–Trinajstić information content (AvgIpc) is 2.94. The smallest absolute Gasteiger partial charge is 0.0924 e. The van der Waals surface area contributed by atoms with Crippen LogP contribution in [0, 0.1) is 0 Å². The van der Waals surface area contributed by atoms with Crippen molar-refractivity contribution in [3.05, 3.63) is 42.1 Å². The van der Waals surface area contributed by atoms with Crippen LogP contribution in [-0.2, 0) is 5.60 Å². The van der Waals surface area contributed by atoms with E-state index in [4.69, 9.17) is 0 Å². The highest BCUT2D eigenvalue weighted by molar-refractivity contribution is 5.79. The molecule has 2 unspecified atom stereocenters. The molecule has 2 atom stereocenters. The third-order valence-electron chi connectivity index (χ3n) is 5.03. The van der Waals surface area contributed by atoms with Crippen LogP contribution in [0.25, 0.3) is 10.9 Å². The zero-order valence-electron chi connectivity index (χ0n) is 11.6. The fourth-order valence-corrected chi connectivity index (χ4v) is 3.86. The standard InChI is InChI=1S/C17H20N2O/c20-17(7-10-19-9-2-4-15(19)12-17)14-6-5-13-3-1-8-18-16(13)11-14/h1,3,5-6,8,11,15,20H,2,4,7,9-10,12H2. The maximum absolute atomic E-state index is 11.1. The number of aliphatic hydroxyl groups is 1. The number of aromatic nitrogens is 1. The number of piperidine rings is 1. The zero-order chi connectivity index (χ0) is 13.6. The van der Waals surface area contributed by atoms with Gasteiger partial charge in [-0.25, -0.2) is 0 Å². The van der Waals surface area contributed by atoms with Crippen LogP contribution in [0.3, 0.4) is 0 Å². The van der Waals surface area contributed by atoms with Gasteiger partial charge in [0, 0.05) is 24.2 Å². The van der Waals surface area contributed by atoms with Gasteiger partial charge in [-0.05, 0) is 49.9 Å². The second-order valence-electron chi connectivity index (χ2n) is 6.23. The van der Waals surface area contributed by atoms with Gasteiger partial charge in [-0.3, -0.25) is 4.98 Å². The van der Waals surface area contributed by atoms with Crippen molar-refractivity contribution < 1.29 is 5.11 Å². The van der Waals surface area contributed by atoms with E-state index < -0.39 is 5.60 Å². The van der Waals surface area contributed by atoms with Crippen molar-refractivity contribution in [3.63, 3.8) is 0 Å². The minimum Gasteiger partial charge on any atom is -0.385 e. The minimum absolute atomic E-state index is 0.563. The van der Waals surface area contributed by atoms with Crippen molar-refractivity contribution >= 4 is 10.9 Å². The van der Waals surface area contributed by atoms with E-state index >= 15 is 0 Å². The van der Waals surface area contributed by atoms with E-state index in [1.807, 2.05) is 12.3 Å². The van der Waals surface area contributed by atoms with E-state index in [0.717, 1.165) is 35.9 Å². The highest BCUT2D eigenvalue weighted by atomic mass is 16.3. The first-order valence-corrected chi connectivity index (χ1v) is 7.56. The third-order valence-corrected chi connectivity index (χ3v) is 5.03. The van der Waals surface area contributed by atoms with Gasteiger partial charge < -0.3 is 10.0 Å². The number of pyridine rings is 1. The summed E-state index contributed by atoms with van der Waals surface area (Å²) in [6.07, 6.45) is 6.02. The van der Waals surface area contributed by atoms with Gasteiger partial charge in [-0.1, -0.05) is 18.2 Å². The molecule has 0 bridgehead atoms. The first-order valence-electron chi connectivity index (χ1n) is 7.56. The molecule has 104 valence electrons. The Morgan fingerprint density at radius 1 is 1.25 bits per heavy atom. The molecule has 2 aliphatic heterocycles. The Labute approximate surface area is 119 Å². The van der Waals surface area contributed by atoms with Crippen molar-refractivity contribution in [1.82, 2.24) is 9.88 Å². The van der Waals surface area contributed by atoms with Crippen LogP contribution in [0.1, 0.15) is 31.2 Å². The maximum Gasteiger partial charge on any atom is 0.0924 e. The van der Waals surface area contributed by atoms with E-state index in [9.17, 15) is 5.11 Å². The Morgan fingerprint density at radius 2 is 2.20 bits per heavy atom. The van der Waals surface area contributed by atoms with Gasteiger partial charge in [-0.2, -0.15) is 0 Å². The minimum atomic E-state index is -0.669. The summed E-state index contributed by atoms with van der Waals surface area (Å²) >= 11 is 0. The Kier molecular flexibility index (Phi) is 2.79. The summed E-state index contributed by atoms with van der Waals surface area (Å²) in [6.45, 7) is 2.22. The van der Waals surface area contributed by atoms with Gasteiger partial charge in [0.05, 0.1) is 11.1 Å². The van der Waals surface area contributed by atoms with Gasteiger partial charge >= 0.3 is 0 Å². The van der Waals surface area contributed by atoms with Gasteiger partial charge in [0.25, 0.3) is 0 Å². The Bertz CT molecular complexity index is 642. The van der Waals surface area contributed by atoms with Crippen molar-refractivity contribution in [1.29, 1.82) is 0 Å². The molecule has 4 rings (SSSR count). The highest BCUT2D eigenvalue weighted by Gasteiger charge is 2.41. The molecular weight excluding hydrogens is 248 g/mol. The first kappa shape index (κ1) is 12.3. The monoisotopic (exact) mass is 268 g/mol. The molecule has 20 heavy (non-hydrogen) atoms. The van der Waals surface area contributed by atoms with E-state index in [2.05, 4.69) is 34.1 Å². The van der Waals surface area contributed by atoms with Crippen LogP contribution in [-0.4, -0.2) is 34.1 Å². The topological polar surface area (TPSA) is 36.4 Å². The van der Waals surface area contributed by atoms with Crippen molar-refractivity contribution in [2.75, 3.05) is 13.1 Å². The number of hydrogen-bond donors (Lipinski definition) is 1. The molecule has 2 aromatic rings. The molecule has 0 spiro atoms. The fourth-order valence-electron chi connectivity index (χ4n) is 3.86. The number of benzene rings is 1. The fraction of sp³-hybridized carbons (Fsp3) is 0.471. The summed E-state index contributed by atoms with van der Waals surface area (Å²) < 4.78 is 0. The summed E-state index contributed by atoms with van der Waals surface area (Å²) in [5.41, 5.74) is 1.35. The van der Waals surface area contributed by atoms with E-state index in [0.29, 0.717) is 6.04 Å². The molecule has 3 nitrogen and oxygen atoms in total. The summed E-state index contributed by atoms with van der Waals surface area (Å²) in [7, 11) is 0. The van der Waals surface area contributed by atoms with Gasteiger partial charge in [0.1, 0.15) is 0 Å². The van der Waals surface area contributed by atoms with Crippen LogP contribution in [0.15, 0.2) is 36.5 Å². The molecule has 3 heteroatoms. The molecule has 0 amide bonds. The third kappa shape index (κ3) is 1.93. The molecule has 0 aliphatic carbocycles. The van der Waals surface area contributed by atoms with Crippen LogP contribution in [0.2, 0.25) is 0 Å². The van der Waals surface area contributed by atoms with Crippen molar-refractivity contribution in [2.24, 2.45) is 0 Å². The Morgan fingerprint density at radius 3 is 3.15 bits per heavy atom. The normalized spacial score (nSPS) is 30.6. The molecule has 0 saturated carbocycles. The predicted molar refractivity (Wildman–Crippen MR) is 79.5 cm³/mol. The second kappa shape index (κ2) is 4.54. The average molecular weight is 268 g/mol. The molecule has 1 aromatic heterocycles. The molecule has 2 fully saturated rings. The zero-order valence-corrected chi connectivity index (χ0v) is 11.6. The molecule has 3 heterocycles. The first-order chi connectivity index (χ1) is 9.74. The Balaban J connectivity index is 1.70. The Hall–Kier alpha value is -1.45. The number of hydrogen-bond acceptors (Lipinski definition) is 3. The second-order valence-corrected chi connectivity index (χ2v) is 6.23. The lowest BCUT2D eigenvalue weighted by molar-refractivity contribution is -0.0408. The van der Waals surface area contributed by atoms with Crippen LogP contribution in [0.5, 0.6) is 0 Å². The van der Waals surface area contributed by atoms with Crippen LogP contribution < -0.4 is 0 Å². The lowest BCUT2D eigenvalue weighted by Gasteiger charge is -2.41. The predicted octanol–water partition coefficient (Wildman–Crippen LogP) is 2.68. The van der Waals surface area contributed by atoms with Crippen molar-refractivity contribution in [3.8, 4) is 0 Å². The maximum atomic E-state index is 11.1. The molecule has 1 aromatic carbocycles. The number of fused-ring (bicyclic) bond motifs is 2. The number of rotatable bonds is 1. The summed E-state index contributed by atoms with van der Waals surface area (Å²) in [6, 6.07) is 10.8. The van der Waals surface area contributed by atoms with E-state index in [1.165, 1.54) is 19.4 Å². The summed E-state index contributed by atoms with van der Waals surface area (Å²) in [4.78, 5) is 6.95. The lowest BCUT2D eigenvalue weighted by Crippen LogP contribution is -2.45.